The molecule has 1 saturated heterocycles. The highest BCUT2D eigenvalue weighted by Gasteiger charge is 2.18. The summed E-state index contributed by atoms with van der Waals surface area (Å²) in [5.74, 6) is 0.914. The van der Waals surface area contributed by atoms with Gasteiger partial charge in [-0.25, -0.2) is 0 Å². The number of nitrogens with one attached hydrogen (secondary N) is 1. The highest BCUT2D eigenvalue weighted by Crippen LogP contribution is 2.11. The number of carbonyl (C=O) groups is 1. The van der Waals surface area contributed by atoms with Gasteiger partial charge in [-0.1, -0.05) is 35.5 Å². The van der Waals surface area contributed by atoms with E-state index >= 15 is 0 Å². The third-order valence-electron chi connectivity index (χ3n) is 4.19. The molecule has 0 spiro atoms. The van der Waals surface area contributed by atoms with Crippen molar-refractivity contribution in [1.29, 1.82) is 0 Å². The molecule has 25 heavy (non-hydrogen) atoms. The van der Waals surface area contributed by atoms with Crippen LogP contribution in [-0.2, 0) is 22.5 Å². The number of aromatic nitrogens is 1. The van der Waals surface area contributed by atoms with Crippen LogP contribution in [0.4, 0.5) is 0 Å². The summed E-state index contributed by atoms with van der Waals surface area (Å²) < 4.78 is 16.2. The first-order chi connectivity index (χ1) is 12.3. The Morgan fingerprint density at radius 3 is 3.00 bits per heavy atom. The Bertz CT molecular complexity index is 650. The molecule has 1 aliphatic heterocycles. The maximum absolute atomic E-state index is 12.0. The van der Waals surface area contributed by atoms with Crippen LogP contribution in [0.15, 0.2) is 40.9 Å². The fourth-order valence-corrected chi connectivity index (χ4v) is 2.72. The van der Waals surface area contributed by atoms with Gasteiger partial charge in [-0.05, 0) is 18.4 Å². The van der Waals surface area contributed by atoms with Crippen molar-refractivity contribution in [3.8, 4) is 0 Å². The Morgan fingerprint density at radius 1 is 1.32 bits per heavy atom. The standard InChI is InChI=1S/C19H24N2O4/c22-19(20-12-16-8-10-24-14-16)18-11-17(25-21-18)7-4-9-23-13-15-5-2-1-3-6-15/h1-3,5-6,11,16H,4,7-10,12-14H2,(H,20,22). The van der Waals surface area contributed by atoms with Gasteiger partial charge in [-0.2, -0.15) is 0 Å². The van der Waals surface area contributed by atoms with Crippen LogP contribution in [0.2, 0.25) is 0 Å². The lowest BCUT2D eigenvalue weighted by atomic mass is 10.1. The lowest BCUT2D eigenvalue weighted by Gasteiger charge is -2.07. The fraction of sp³-hybridized carbons (Fsp3) is 0.474. The Labute approximate surface area is 147 Å². The normalized spacial score (nSPS) is 16.9. The van der Waals surface area contributed by atoms with Gasteiger partial charge in [0.15, 0.2) is 5.69 Å². The molecule has 1 aromatic carbocycles. The van der Waals surface area contributed by atoms with E-state index in [4.69, 9.17) is 14.0 Å². The van der Waals surface area contributed by atoms with Gasteiger partial charge >= 0.3 is 0 Å². The van der Waals surface area contributed by atoms with Crippen LogP contribution in [0, 0.1) is 5.92 Å². The first-order valence-electron chi connectivity index (χ1n) is 8.74. The van der Waals surface area contributed by atoms with Crippen LogP contribution in [0.1, 0.15) is 34.7 Å². The van der Waals surface area contributed by atoms with E-state index in [1.807, 2.05) is 30.3 Å². The smallest absolute Gasteiger partial charge is 0.273 e. The summed E-state index contributed by atoms with van der Waals surface area (Å²) >= 11 is 0. The summed E-state index contributed by atoms with van der Waals surface area (Å²) in [6, 6.07) is 11.8. The quantitative estimate of drug-likeness (QED) is 0.708. The summed E-state index contributed by atoms with van der Waals surface area (Å²) in [5, 5.41) is 6.73. The average Bonchev–Trinajstić information content (AvgIpc) is 3.32. The summed E-state index contributed by atoms with van der Waals surface area (Å²) in [6.07, 6.45) is 2.52. The van der Waals surface area contributed by atoms with Crippen molar-refractivity contribution in [3.63, 3.8) is 0 Å². The zero-order valence-electron chi connectivity index (χ0n) is 14.3. The van der Waals surface area contributed by atoms with Crippen molar-refractivity contribution in [2.75, 3.05) is 26.4 Å². The topological polar surface area (TPSA) is 73.6 Å². The minimum atomic E-state index is -0.192. The molecule has 2 aromatic rings. The molecule has 3 rings (SSSR count). The van der Waals surface area contributed by atoms with Crippen LogP contribution in [0.25, 0.3) is 0 Å². The Morgan fingerprint density at radius 2 is 2.20 bits per heavy atom. The van der Waals surface area contributed by atoms with Crippen molar-refractivity contribution in [3.05, 3.63) is 53.4 Å². The van der Waals surface area contributed by atoms with E-state index in [0.29, 0.717) is 50.2 Å². The Kier molecular flexibility index (Phi) is 6.59. The molecule has 0 aliphatic carbocycles. The predicted molar refractivity (Wildman–Crippen MR) is 92.2 cm³/mol. The molecule has 0 saturated carbocycles. The number of benzene rings is 1. The first-order valence-corrected chi connectivity index (χ1v) is 8.74. The molecule has 1 unspecified atom stereocenters. The molecule has 6 nitrogen and oxygen atoms in total. The lowest BCUT2D eigenvalue weighted by Crippen LogP contribution is -2.29. The van der Waals surface area contributed by atoms with E-state index < -0.39 is 0 Å². The van der Waals surface area contributed by atoms with Crippen molar-refractivity contribution in [2.45, 2.75) is 25.9 Å². The van der Waals surface area contributed by atoms with Crippen molar-refractivity contribution >= 4 is 5.91 Å². The van der Waals surface area contributed by atoms with Crippen LogP contribution in [0.3, 0.4) is 0 Å². The highest BCUT2D eigenvalue weighted by atomic mass is 16.5. The molecular weight excluding hydrogens is 320 g/mol. The first kappa shape index (κ1) is 17.6. The Hall–Kier alpha value is -2.18. The van der Waals surface area contributed by atoms with Gasteiger partial charge in [0.25, 0.3) is 5.91 Å². The maximum Gasteiger partial charge on any atom is 0.273 e. The van der Waals surface area contributed by atoms with E-state index in [-0.39, 0.29) is 5.91 Å². The largest absolute Gasteiger partial charge is 0.381 e. The molecule has 1 amide bonds. The zero-order valence-corrected chi connectivity index (χ0v) is 14.3. The van der Waals surface area contributed by atoms with E-state index in [0.717, 1.165) is 25.0 Å². The minimum absolute atomic E-state index is 0.192. The van der Waals surface area contributed by atoms with E-state index in [2.05, 4.69) is 10.5 Å². The summed E-state index contributed by atoms with van der Waals surface area (Å²) in [7, 11) is 0. The molecule has 134 valence electrons. The van der Waals surface area contributed by atoms with Gasteiger partial charge in [0.1, 0.15) is 5.76 Å². The summed E-state index contributed by atoms with van der Waals surface area (Å²) in [5.41, 5.74) is 1.49. The van der Waals surface area contributed by atoms with Gasteiger partial charge in [-0.3, -0.25) is 4.79 Å². The molecule has 1 atom stereocenters. The minimum Gasteiger partial charge on any atom is -0.381 e. The second-order valence-corrected chi connectivity index (χ2v) is 6.26. The van der Waals surface area contributed by atoms with Crippen molar-refractivity contribution in [2.24, 2.45) is 5.92 Å². The van der Waals surface area contributed by atoms with Gasteiger partial charge in [0.2, 0.25) is 0 Å². The van der Waals surface area contributed by atoms with E-state index in [1.165, 1.54) is 0 Å². The third kappa shape index (κ3) is 5.69. The van der Waals surface area contributed by atoms with Gasteiger partial charge in [0, 0.05) is 38.2 Å². The van der Waals surface area contributed by atoms with Gasteiger partial charge in [-0.15, -0.1) is 0 Å². The highest BCUT2D eigenvalue weighted by molar-refractivity contribution is 5.92. The molecule has 1 aromatic heterocycles. The number of hydrogen-bond acceptors (Lipinski definition) is 5. The van der Waals surface area contributed by atoms with Crippen LogP contribution >= 0.6 is 0 Å². The number of ether oxygens (including phenoxy) is 2. The van der Waals surface area contributed by atoms with E-state index in [1.54, 1.807) is 6.07 Å². The van der Waals surface area contributed by atoms with Gasteiger partial charge < -0.3 is 19.3 Å². The number of nitrogens with zero attached hydrogens (tertiary/aromatic N) is 1. The van der Waals surface area contributed by atoms with Crippen molar-refractivity contribution in [1.82, 2.24) is 10.5 Å². The fourth-order valence-electron chi connectivity index (χ4n) is 2.72. The number of hydrogen-bond donors (Lipinski definition) is 1. The number of amides is 1. The average molecular weight is 344 g/mol. The molecule has 1 N–H and O–H groups in total. The number of rotatable bonds is 9. The van der Waals surface area contributed by atoms with Crippen LogP contribution < -0.4 is 5.32 Å². The molecule has 6 heteroatoms. The molecule has 0 bridgehead atoms. The maximum atomic E-state index is 12.0. The second-order valence-electron chi connectivity index (χ2n) is 6.26. The molecule has 0 radical (unpaired) electrons. The van der Waals surface area contributed by atoms with Gasteiger partial charge in [0.05, 0.1) is 13.2 Å². The van der Waals surface area contributed by atoms with Crippen LogP contribution in [0.5, 0.6) is 0 Å². The lowest BCUT2D eigenvalue weighted by molar-refractivity contribution is 0.0935. The zero-order chi connectivity index (χ0) is 17.3. The number of carbonyl (C=O) groups excluding carboxylic acids is 1. The molecule has 2 heterocycles. The Balaban J connectivity index is 1.33. The number of aryl methyl sites for hydroxylation is 1. The molecule has 1 aliphatic rings. The summed E-state index contributed by atoms with van der Waals surface area (Å²) in [4.78, 5) is 12.0. The van der Waals surface area contributed by atoms with E-state index in [9.17, 15) is 4.79 Å². The third-order valence-corrected chi connectivity index (χ3v) is 4.19. The SMILES string of the molecule is O=C(NCC1CCOC1)c1cc(CCCOCc2ccccc2)on1. The second kappa shape index (κ2) is 9.34. The monoisotopic (exact) mass is 344 g/mol. The van der Waals surface area contributed by atoms with Crippen LogP contribution in [-0.4, -0.2) is 37.4 Å². The predicted octanol–water partition coefficient (Wildman–Crippen LogP) is 2.59. The van der Waals surface area contributed by atoms with Crippen molar-refractivity contribution < 1.29 is 18.8 Å². The molecule has 1 fully saturated rings. The molecular formula is C19H24N2O4. The summed E-state index contributed by atoms with van der Waals surface area (Å²) in [6.45, 7) is 3.36.